The summed E-state index contributed by atoms with van der Waals surface area (Å²) in [6, 6.07) is 8.26. The van der Waals surface area contributed by atoms with Gasteiger partial charge in [-0.2, -0.15) is 4.98 Å². The molecule has 0 bridgehead atoms. The van der Waals surface area contributed by atoms with E-state index in [0.717, 1.165) is 12.4 Å². The minimum atomic E-state index is -0.286. The largest absolute Gasteiger partial charge is 0.337 e. The molecule has 0 atom stereocenters. The topological polar surface area (TPSA) is 51.0 Å². The fraction of sp³-hybridized carbons (Fsp3) is 0.467. The molecule has 0 amide bonds. The summed E-state index contributed by atoms with van der Waals surface area (Å²) in [5.74, 6) is 1.37. The maximum atomic E-state index is 5.37. The van der Waals surface area contributed by atoms with E-state index in [1.54, 1.807) is 0 Å². The standard InChI is InChI=1S/C15H21N3O/c1-5-16-15(3,4)14-17-13(18-19-14)10-12-9-7-6-8-11(12)2/h6-9,16H,5,10H2,1-4H3. The van der Waals surface area contributed by atoms with Gasteiger partial charge in [-0.25, -0.2) is 0 Å². The van der Waals surface area contributed by atoms with Crippen LogP contribution < -0.4 is 5.32 Å². The molecule has 0 saturated carbocycles. The molecule has 2 aromatic rings. The van der Waals surface area contributed by atoms with Gasteiger partial charge in [0, 0.05) is 6.42 Å². The lowest BCUT2D eigenvalue weighted by molar-refractivity contribution is 0.271. The summed E-state index contributed by atoms with van der Waals surface area (Å²) in [6.45, 7) is 9.11. The molecule has 4 nitrogen and oxygen atoms in total. The van der Waals surface area contributed by atoms with Crippen molar-refractivity contribution in [3.05, 3.63) is 47.1 Å². The first-order valence-corrected chi connectivity index (χ1v) is 6.65. The second-order valence-electron chi connectivity index (χ2n) is 5.27. The Labute approximate surface area is 114 Å². The molecule has 0 spiro atoms. The molecule has 102 valence electrons. The predicted molar refractivity (Wildman–Crippen MR) is 75.0 cm³/mol. The molecule has 0 aliphatic carbocycles. The molecule has 2 rings (SSSR count). The fourth-order valence-electron chi connectivity index (χ4n) is 2.08. The number of rotatable bonds is 5. The molecule has 0 radical (unpaired) electrons. The van der Waals surface area contributed by atoms with Crippen molar-refractivity contribution in [2.75, 3.05) is 6.54 Å². The molecular weight excluding hydrogens is 238 g/mol. The third kappa shape index (κ3) is 3.20. The van der Waals surface area contributed by atoms with E-state index >= 15 is 0 Å². The lowest BCUT2D eigenvalue weighted by Crippen LogP contribution is -2.36. The van der Waals surface area contributed by atoms with Crippen molar-refractivity contribution in [3.63, 3.8) is 0 Å². The maximum Gasteiger partial charge on any atom is 0.246 e. The van der Waals surface area contributed by atoms with Crippen LogP contribution in [0.25, 0.3) is 0 Å². The molecule has 1 heterocycles. The normalized spacial score (nSPS) is 11.8. The zero-order valence-corrected chi connectivity index (χ0v) is 12.0. The van der Waals surface area contributed by atoms with Crippen LogP contribution in [-0.2, 0) is 12.0 Å². The van der Waals surface area contributed by atoms with Crippen LogP contribution in [-0.4, -0.2) is 16.7 Å². The van der Waals surface area contributed by atoms with Gasteiger partial charge in [0.1, 0.15) is 0 Å². The Kier molecular flexibility index (Phi) is 4.00. The number of benzene rings is 1. The number of hydrogen-bond donors (Lipinski definition) is 1. The SMILES string of the molecule is CCNC(C)(C)c1nc(Cc2ccccc2C)no1. The summed E-state index contributed by atoms with van der Waals surface area (Å²) in [7, 11) is 0. The molecule has 0 aliphatic heterocycles. The van der Waals surface area contributed by atoms with Gasteiger partial charge in [-0.1, -0.05) is 36.3 Å². The molecular formula is C15H21N3O. The first kappa shape index (κ1) is 13.7. The number of aryl methyl sites for hydroxylation is 1. The van der Waals surface area contributed by atoms with Crippen molar-refractivity contribution in [2.24, 2.45) is 0 Å². The maximum absolute atomic E-state index is 5.37. The first-order valence-electron chi connectivity index (χ1n) is 6.65. The van der Waals surface area contributed by atoms with Crippen molar-refractivity contribution in [1.82, 2.24) is 15.5 Å². The summed E-state index contributed by atoms with van der Waals surface area (Å²) >= 11 is 0. The Morgan fingerprint density at radius 3 is 2.68 bits per heavy atom. The van der Waals surface area contributed by atoms with E-state index in [-0.39, 0.29) is 5.54 Å². The summed E-state index contributed by atoms with van der Waals surface area (Å²) in [4.78, 5) is 4.50. The van der Waals surface area contributed by atoms with Crippen LogP contribution in [0.3, 0.4) is 0 Å². The van der Waals surface area contributed by atoms with Gasteiger partial charge in [-0.05, 0) is 38.4 Å². The molecule has 4 heteroatoms. The molecule has 1 aromatic carbocycles. The van der Waals surface area contributed by atoms with Gasteiger partial charge in [0.25, 0.3) is 0 Å². The van der Waals surface area contributed by atoms with Crippen LogP contribution in [0.1, 0.15) is 43.6 Å². The predicted octanol–water partition coefficient (Wildman–Crippen LogP) is 2.81. The highest BCUT2D eigenvalue weighted by atomic mass is 16.5. The van der Waals surface area contributed by atoms with Crippen molar-refractivity contribution in [2.45, 2.75) is 39.7 Å². The van der Waals surface area contributed by atoms with Crippen LogP contribution >= 0.6 is 0 Å². The Balaban J connectivity index is 2.16. The highest BCUT2D eigenvalue weighted by molar-refractivity contribution is 5.28. The van der Waals surface area contributed by atoms with E-state index in [0.29, 0.717) is 12.3 Å². The minimum Gasteiger partial charge on any atom is -0.337 e. The number of nitrogens with zero attached hydrogens (tertiary/aromatic N) is 2. The van der Waals surface area contributed by atoms with Crippen molar-refractivity contribution in [3.8, 4) is 0 Å². The van der Waals surface area contributed by atoms with Gasteiger partial charge < -0.3 is 9.84 Å². The van der Waals surface area contributed by atoms with Crippen molar-refractivity contribution < 1.29 is 4.52 Å². The Morgan fingerprint density at radius 1 is 1.26 bits per heavy atom. The van der Waals surface area contributed by atoms with Gasteiger partial charge in [-0.3, -0.25) is 0 Å². The zero-order valence-electron chi connectivity index (χ0n) is 12.0. The third-order valence-corrected chi connectivity index (χ3v) is 3.23. The fourth-order valence-corrected chi connectivity index (χ4v) is 2.08. The van der Waals surface area contributed by atoms with Crippen LogP contribution in [0, 0.1) is 6.92 Å². The van der Waals surface area contributed by atoms with E-state index < -0.39 is 0 Å². The van der Waals surface area contributed by atoms with Crippen LogP contribution in [0.2, 0.25) is 0 Å². The molecule has 0 unspecified atom stereocenters. The second kappa shape index (κ2) is 5.53. The van der Waals surface area contributed by atoms with E-state index in [1.807, 2.05) is 26.0 Å². The van der Waals surface area contributed by atoms with Gasteiger partial charge >= 0.3 is 0 Å². The van der Waals surface area contributed by atoms with Gasteiger partial charge in [0.2, 0.25) is 5.89 Å². The lowest BCUT2D eigenvalue weighted by Gasteiger charge is -2.20. The van der Waals surface area contributed by atoms with Crippen molar-refractivity contribution in [1.29, 1.82) is 0 Å². The summed E-state index contributed by atoms with van der Waals surface area (Å²) in [5, 5.41) is 7.41. The smallest absolute Gasteiger partial charge is 0.246 e. The Morgan fingerprint density at radius 2 is 2.00 bits per heavy atom. The summed E-state index contributed by atoms with van der Waals surface area (Å²) in [5.41, 5.74) is 2.20. The third-order valence-electron chi connectivity index (χ3n) is 3.23. The van der Waals surface area contributed by atoms with Gasteiger partial charge in [0.15, 0.2) is 5.82 Å². The summed E-state index contributed by atoms with van der Waals surface area (Å²) < 4.78 is 5.37. The molecule has 19 heavy (non-hydrogen) atoms. The molecule has 0 fully saturated rings. The molecule has 1 N–H and O–H groups in total. The highest BCUT2D eigenvalue weighted by Gasteiger charge is 2.26. The molecule has 1 aromatic heterocycles. The second-order valence-corrected chi connectivity index (χ2v) is 5.27. The van der Waals surface area contributed by atoms with Crippen LogP contribution in [0.15, 0.2) is 28.8 Å². The van der Waals surface area contributed by atoms with Gasteiger partial charge in [-0.15, -0.1) is 0 Å². The quantitative estimate of drug-likeness (QED) is 0.897. The zero-order chi connectivity index (χ0) is 13.9. The number of aromatic nitrogens is 2. The average molecular weight is 259 g/mol. The van der Waals surface area contributed by atoms with Crippen LogP contribution in [0.4, 0.5) is 0 Å². The number of nitrogens with one attached hydrogen (secondary N) is 1. The van der Waals surface area contributed by atoms with Crippen LogP contribution in [0.5, 0.6) is 0 Å². The molecule has 0 aliphatic rings. The van der Waals surface area contributed by atoms with Crippen molar-refractivity contribution >= 4 is 0 Å². The van der Waals surface area contributed by atoms with E-state index in [4.69, 9.17) is 4.52 Å². The summed E-state index contributed by atoms with van der Waals surface area (Å²) in [6.07, 6.45) is 0.707. The average Bonchev–Trinajstić information content (AvgIpc) is 2.81. The first-order chi connectivity index (χ1) is 9.03. The monoisotopic (exact) mass is 259 g/mol. The number of hydrogen-bond acceptors (Lipinski definition) is 4. The Hall–Kier alpha value is -1.68. The van der Waals surface area contributed by atoms with E-state index in [9.17, 15) is 0 Å². The van der Waals surface area contributed by atoms with E-state index in [2.05, 4.69) is 41.4 Å². The minimum absolute atomic E-state index is 0.286. The highest BCUT2D eigenvalue weighted by Crippen LogP contribution is 2.19. The molecule has 0 saturated heterocycles. The Bertz CT molecular complexity index is 546. The lowest BCUT2D eigenvalue weighted by atomic mass is 10.1. The van der Waals surface area contributed by atoms with E-state index in [1.165, 1.54) is 11.1 Å². The van der Waals surface area contributed by atoms with Gasteiger partial charge in [0.05, 0.1) is 5.54 Å².